The summed E-state index contributed by atoms with van der Waals surface area (Å²) in [5.74, 6) is 0.547. The molecule has 2 aromatic heterocycles. The predicted molar refractivity (Wildman–Crippen MR) is 197 cm³/mol. The molecule has 0 atom stereocenters. The number of allylic oxidation sites excluding steroid dienone is 2. The summed E-state index contributed by atoms with van der Waals surface area (Å²) in [7, 11) is 0. The first-order valence-electron chi connectivity index (χ1n) is 17.3. The van der Waals surface area contributed by atoms with Gasteiger partial charge in [-0.1, -0.05) is 114 Å². The van der Waals surface area contributed by atoms with Crippen molar-refractivity contribution in [3.05, 3.63) is 108 Å². The van der Waals surface area contributed by atoms with Gasteiger partial charge in [-0.3, -0.25) is 14.8 Å². The molecule has 1 radical (unpaired) electrons. The summed E-state index contributed by atoms with van der Waals surface area (Å²) in [5.41, 5.74) is 10.6. The molecule has 0 aliphatic heterocycles. The molecular formula is C43H45IrN2O3-. The first-order valence-corrected chi connectivity index (χ1v) is 17.3. The molecular weight excluding hydrogens is 785 g/mol. The smallest absolute Gasteiger partial charge is 0.162 e. The van der Waals surface area contributed by atoms with Crippen molar-refractivity contribution in [2.24, 2.45) is 11.8 Å². The number of rotatable bonds is 8. The molecule has 0 saturated heterocycles. The minimum absolute atomic E-state index is 0. The number of para-hydroxylation sites is 2. The number of carbonyl (C=O) groups excluding carboxylic acids is 1. The number of aliphatic hydroxyl groups excluding tert-OH is 1. The number of benzene rings is 4. The maximum Gasteiger partial charge on any atom is 0.162 e. The van der Waals surface area contributed by atoms with E-state index in [0.29, 0.717) is 0 Å². The molecule has 0 fully saturated rings. The molecule has 0 bridgehead atoms. The van der Waals surface area contributed by atoms with E-state index in [4.69, 9.17) is 14.4 Å². The fourth-order valence-corrected chi connectivity index (χ4v) is 7.11. The van der Waals surface area contributed by atoms with Crippen LogP contribution in [-0.4, -0.2) is 20.9 Å². The molecule has 6 aromatic rings. The number of nitrogens with zero attached hydrogens (tertiary/aromatic N) is 2. The number of furan rings is 1. The van der Waals surface area contributed by atoms with Crippen molar-refractivity contribution in [2.45, 2.75) is 79.6 Å². The monoisotopic (exact) mass is 830 g/mol. The van der Waals surface area contributed by atoms with E-state index in [-0.39, 0.29) is 48.9 Å². The Morgan fingerprint density at radius 1 is 0.837 bits per heavy atom. The second kappa shape index (κ2) is 14.8. The van der Waals surface area contributed by atoms with Crippen LogP contribution in [0.15, 0.2) is 89.0 Å². The van der Waals surface area contributed by atoms with E-state index < -0.39 is 0 Å². The maximum atomic E-state index is 11.7. The molecule has 2 heterocycles. The maximum absolute atomic E-state index is 11.7. The van der Waals surface area contributed by atoms with E-state index in [1.165, 1.54) is 11.6 Å². The standard InChI is InChI=1S/C30H21N2O.C13H24O2.Ir/c1-17-13-14-20-24-25-21(16-15-19(28(25)33-27(17)24)18-9-5-4-6-10-18)30(2,3)29-26(20)31-22-11-7-8-12-23(22)32-29;1-5-10(6-2)12(14)9-13(15)11(7-3)8-4;/h4-13,15-16H,1-3H3;9-11,14H,5-8H2,1-4H3;/q-1;;/b;12-9-;. The van der Waals surface area contributed by atoms with E-state index in [2.05, 4.69) is 63.2 Å². The number of aliphatic hydroxyl groups is 1. The minimum atomic E-state index is -0.364. The van der Waals surface area contributed by atoms with Gasteiger partial charge in [-0.2, -0.15) is 0 Å². The van der Waals surface area contributed by atoms with Crippen LogP contribution in [0.5, 0.6) is 0 Å². The van der Waals surface area contributed by atoms with Crippen LogP contribution < -0.4 is 0 Å². The third-order valence-electron chi connectivity index (χ3n) is 10.1. The summed E-state index contributed by atoms with van der Waals surface area (Å²) in [6.45, 7) is 14.6. The van der Waals surface area contributed by atoms with Gasteiger partial charge in [0.15, 0.2) is 5.78 Å². The minimum Gasteiger partial charge on any atom is -0.512 e. The van der Waals surface area contributed by atoms with Gasteiger partial charge in [0, 0.05) is 60.4 Å². The largest absolute Gasteiger partial charge is 0.512 e. The number of ketones is 1. The summed E-state index contributed by atoms with van der Waals surface area (Å²) in [6, 6.07) is 28.5. The number of carbonyl (C=O) groups is 1. The molecule has 0 amide bonds. The van der Waals surface area contributed by atoms with Crippen LogP contribution >= 0.6 is 0 Å². The molecule has 1 N–H and O–H groups in total. The van der Waals surface area contributed by atoms with Crippen LogP contribution in [0.4, 0.5) is 0 Å². The molecule has 255 valence electrons. The van der Waals surface area contributed by atoms with E-state index in [1.807, 2.05) is 64.1 Å². The quantitative estimate of drug-likeness (QED) is 0.0939. The third-order valence-corrected chi connectivity index (χ3v) is 10.1. The van der Waals surface area contributed by atoms with Crippen molar-refractivity contribution in [1.82, 2.24) is 9.97 Å². The van der Waals surface area contributed by atoms with Crippen molar-refractivity contribution in [3.63, 3.8) is 0 Å². The molecule has 6 heteroatoms. The van der Waals surface area contributed by atoms with Crippen molar-refractivity contribution >= 4 is 38.8 Å². The fraction of sp³-hybridized carbons (Fsp3) is 0.326. The Morgan fingerprint density at radius 2 is 1.45 bits per heavy atom. The zero-order valence-corrected chi connectivity index (χ0v) is 31.9. The fourth-order valence-electron chi connectivity index (χ4n) is 7.11. The van der Waals surface area contributed by atoms with Gasteiger partial charge in [0.25, 0.3) is 0 Å². The second-order valence-corrected chi connectivity index (χ2v) is 13.4. The number of aryl methyl sites for hydroxylation is 1. The van der Waals surface area contributed by atoms with Crippen molar-refractivity contribution in [1.29, 1.82) is 0 Å². The normalized spacial score (nSPS) is 13.4. The van der Waals surface area contributed by atoms with Gasteiger partial charge in [-0.25, -0.2) is 0 Å². The van der Waals surface area contributed by atoms with Crippen LogP contribution in [-0.2, 0) is 30.3 Å². The average molecular weight is 830 g/mol. The average Bonchev–Trinajstić information content (AvgIpc) is 3.48. The number of fused-ring (bicyclic) bond motifs is 3. The SMILES string of the molecule is CCC(CC)C(=O)/C=C(\O)C(CC)CC.Cc1c[c-]c2c3c1oc1c(-c4ccccc4)ccc(c13)C(C)(C)c1nc3ccccc3nc1-2.[Ir]. The third kappa shape index (κ3) is 6.49. The van der Waals surface area contributed by atoms with Crippen LogP contribution in [0.3, 0.4) is 0 Å². The van der Waals surface area contributed by atoms with Gasteiger partial charge in [0.1, 0.15) is 5.58 Å². The van der Waals surface area contributed by atoms with Crippen molar-refractivity contribution < 1.29 is 34.4 Å². The first kappa shape index (κ1) is 36.2. The molecule has 1 aliphatic carbocycles. The summed E-state index contributed by atoms with van der Waals surface area (Å²) in [6.07, 6.45) is 4.91. The van der Waals surface area contributed by atoms with Gasteiger partial charge in [-0.05, 0) is 54.3 Å². The van der Waals surface area contributed by atoms with Gasteiger partial charge in [-0.15, -0.1) is 17.7 Å². The Kier molecular flexibility index (Phi) is 10.9. The topological polar surface area (TPSA) is 76.2 Å². The number of aromatic nitrogens is 2. The van der Waals surface area contributed by atoms with Crippen LogP contribution in [0.1, 0.15) is 84.0 Å². The Bertz CT molecular complexity index is 2160. The zero-order chi connectivity index (χ0) is 34.2. The Balaban J connectivity index is 0.000000252. The van der Waals surface area contributed by atoms with Crippen LogP contribution in [0.2, 0.25) is 0 Å². The molecule has 1 aliphatic rings. The predicted octanol–water partition coefficient (Wildman–Crippen LogP) is 11.5. The van der Waals surface area contributed by atoms with Gasteiger partial charge in [0.2, 0.25) is 0 Å². The summed E-state index contributed by atoms with van der Waals surface area (Å²) in [4.78, 5) is 22.0. The zero-order valence-electron chi connectivity index (χ0n) is 29.5. The Hall–Kier alpha value is -4.12. The molecule has 4 aromatic carbocycles. The molecule has 0 unspecified atom stereocenters. The summed E-state index contributed by atoms with van der Waals surface area (Å²) < 4.78 is 6.65. The Labute approximate surface area is 303 Å². The summed E-state index contributed by atoms with van der Waals surface area (Å²) >= 11 is 0. The first-order chi connectivity index (χ1) is 23.1. The molecule has 7 rings (SSSR count). The van der Waals surface area contributed by atoms with Crippen molar-refractivity contribution in [3.8, 4) is 22.4 Å². The van der Waals surface area contributed by atoms with Gasteiger partial charge < -0.3 is 9.52 Å². The van der Waals surface area contributed by atoms with Gasteiger partial charge >= 0.3 is 0 Å². The summed E-state index contributed by atoms with van der Waals surface area (Å²) in [5, 5.41) is 12.0. The molecule has 49 heavy (non-hydrogen) atoms. The molecule has 0 saturated carbocycles. The van der Waals surface area contributed by atoms with Crippen LogP contribution in [0.25, 0.3) is 55.4 Å². The second-order valence-electron chi connectivity index (χ2n) is 13.4. The number of hydrogen-bond donors (Lipinski definition) is 1. The van der Waals surface area contributed by atoms with E-state index in [0.717, 1.165) is 92.3 Å². The van der Waals surface area contributed by atoms with Gasteiger partial charge in [0.05, 0.1) is 22.4 Å². The molecule has 5 nitrogen and oxygen atoms in total. The van der Waals surface area contributed by atoms with Crippen LogP contribution in [0, 0.1) is 24.8 Å². The van der Waals surface area contributed by atoms with Crippen molar-refractivity contribution in [2.75, 3.05) is 0 Å². The molecule has 0 spiro atoms. The number of hydrogen-bond acceptors (Lipinski definition) is 5. The Morgan fingerprint density at radius 3 is 2.08 bits per heavy atom. The van der Waals surface area contributed by atoms with E-state index >= 15 is 0 Å². The van der Waals surface area contributed by atoms with E-state index in [9.17, 15) is 9.90 Å². The van der Waals surface area contributed by atoms with E-state index in [1.54, 1.807) is 0 Å².